The summed E-state index contributed by atoms with van der Waals surface area (Å²) >= 11 is 0. The van der Waals surface area contributed by atoms with Gasteiger partial charge in [-0.2, -0.15) is 0 Å². The molecule has 0 fully saturated rings. The van der Waals surface area contributed by atoms with Crippen LogP contribution in [0.2, 0.25) is 0 Å². The molecule has 0 spiro atoms. The molecule has 3 amide bonds. The van der Waals surface area contributed by atoms with Crippen LogP contribution in [0, 0.1) is 11.8 Å². The van der Waals surface area contributed by atoms with Gasteiger partial charge < -0.3 is 31.9 Å². The SMILES string of the molecule is CC(C)CC(N)C(=O)NC(C)C(=O)NC(CC(=O)O)C(=O)NC(CC(C)C)C(=O)O. The lowest BCUT2D eigenvalue weighted by molar-refractivity contribution is -0.144. The summed E-state index contributed by atoms with van der Waals surface area (Å²) < 4.78 is 0. The van der Waals surface area contributed by atoms with Crippen LogP contribution in [0.15, 0.2) is 0 Å². The van der Waals surface area contributed by atoms with Gasteiger partial charge in [-0.25, -0.2) is 4.79 Å². The number of hydrogen-bond donors (Lipinski definition) is 6. The lowest BCUT2D eigenvalue weighted by Gasteiger charge is -2.23. The monoisotopic (exact) mass is 430 g/mol. The Bertz CT molecular complexity index is 636. The van der Waals surface area contributed by atoms with Crippen LogP contribution >= 0.6 is 0 Å². The van der Waals surface area contributed by atoms with Crippen LogP contribution in [0.5, 0.6) is 0 Å². The zero-order valence-electron chi connectivity index (χ0n) is 18.1. The summed E-state index contributed by atoms with van der Waals surface area (Å²) in [4.78, 5) is 59.3. The first-order valence-corrected chi connectivity index (χ1v) is 9.85. The molecule has 172 valence electrons. The van der Waals surface area contributed by atoms with Crippen LogP contribution in [0.4, 0.5) is 0 Å². The van der Waals surface area contributed by atoms with Crippen molar-refractivity contribution in [1.29, 1.82) is 0 Å². The molecule has 0 aromatic carbocycles. The van der Waals surface area contributed by atoms with Gasteiger partial charge in [-0.1, -0.05) is 27.7 Å². The van der Waals surface area contributed by atoms with Gasteiger partial charge in [0.05, 0.1) is 12.5 Å². The molecule has 11 nitrogen and oxygen atoms in total. The highest BCUT2D eigenvalue weighted by Gasteiger charge is 2.30. The Labute approximate surface area is 176 Å². The van der Waals surface area contributed by atoms with E-state index in [0.29, 0.717) is 6.42 Å². The Hall–Kier alpha value is -2.69. The normalized spacial score (nSPS) is 15.1. The van der Waals surface area contributed by atoms with E-state index in [1.165, 1.54) is 6.92 Å². The number of carboxylic acid groups (broad SMARTS) is 2. The molecule has 0 radical (unpaired) electrons. The van der Waals surface area contributed by atoms with Gasteiger partial charge >= 0.3 is 11.9 Å². The maximum atomic E-state index is 12.4. The van der Waals surface area contributed by atoms with E-state index >= 15 is 0 Å². The quantitative estimate of drug-likeness (QED) is 0.224. The Morgan fingerprint density at radius 3 is 1.67 bits per heavy atom. The molecule has 0 bridgehead atoms. The van der Waals surface area contributed by atoms with Crippen molar-refractivity contribution in [1.82, 2.24) is 16.0 Å². The van der Waals surface area contributed by atoms with Gasteiger partial charge in [0.2, 0.25) is 17.7 Å². The lowest BCUT2D eigenvalue weighted by atomic mass is 10.0. The molecular formula is C19H34N4O7. The van der Waals surface area contributed by atoms with Gasteiger partial charge in [0.25, 0.3) is 0 Å². The largest absolute Gasteiger partial charge is 0.481 e. The molecule has 0 aliphatic rings. The zero-order valence-corrected chi connectivity index (χ0v) is 18.1. The molecule has 0 saturated heterocycles. The van der Waals surface area contributed by atoms with E-state index in [2.05, 4.69) is 16.0 Å². The predicted molar refractivity (Wildman–Crippen MR) is 108 cm³/mol. The third-order valence-corrected chi connectivity index (χ3v) is 4.15. The fraction of sp³-hybridized carbons (Fsp3) is 0.737. The Balaban J connectivity index is 5.11. The second-order valence-corrected chi connectivity index (χ2v) is 8.15. The Kier molecular flexibility index (Phi) is 11.6. The Morgan fingerprint density at radius 2 is 1.23 bits per heavy atom. The minimum Gasteiger partial charge on any atom is -0.481 e. The summed E-state index contributed by atoms with van der Waals surface area (Å²) in [5.41, 5.74) is 5.76. The predicted octanol–water partition coefficient (Wildman–Crippen LogP) is -0.560. The molecule has 0 saturated carbocycles. The summed E-state index contributed by atoms with van der Waals surface area (Å²) in [5, 5.41) is 25.2. The molecule has 11 heteroatoms. The number of hydrogen-bond acceptors (Lipinski definition) is 6. The van der Waals surface area contributed by atoms with Crippen LogP contribution in [0.1, 0.15) is 53.9 Å². The summed E-state index contributed by atoms with van der Waals surface area (Å²) in [6, 6.07) is -4.62. The van der Waals surface area contributed by atoms with E-state index in [0.717, 1.165) is 0 Å². The highest BCUT2D eigenvalue weighted by atomic mass is 16.4. The number of carboxylic acids is 2. The van der Waals surface area contributed by atoms with E-state index in [1.807, 2.05) is 13.8 Å². The third kappa shape index (κ3) is 10.7. The smallest absolute Gasteiger partial charge is 0.326 e. The first-order valence-electron chi connectivity index (χ1n) is 9.85. The molecule has 30 heavy (non-hydrogen) atoms. The maximum absolute atomic E-state index is 12.4. The number of aliphatic carboxylic acids is 2. The number of nitrogens with two attached hydrogens (primary N) is 1. The van der Waals surface area contributed by atoms with Gasteiger partial charge in [-0.15, -0.1) is 0 Å². The van der Waals surface area contributed by atoms with E-state index in [9.17, 15) is 29.1 Å². The third-order valence-electron chi connectivity index (χ3n) is 4.15. The average Bonchev–Trinajstić information content (AvgIpc) is 2.58. The maximum Gasteiger partial charge on any atom is 0.326 e. The molecule has 0 aromatic heterocycles. The standard InChI is InChI=1S/C19H34N4O7/c1-9(2)6-12(20)17(27)21-11(5)16(26)22-13(8-15(24)25)18(28)23-14(19(29)30)7-10(3)4/h9-14H,6-8,20H2,1-5H3,(H,21,27)(H,22,26)(H,23,28)(H,24,25)(H,29,30). The summed E-state index contributed by atoms with van der Waals surface area (Å²) in [5.74, 6) is -4.77. The zero-order chi connectivity index (χ0) is 23.6. The number of amides is 3. The fourth-order valence-electron chi connectivity index (χ4n) is 2.65. The minimum atomic E-state index is -1.51. The van der Waals surface area contributed by atoms with Crippen LogP contribution in [0.25, 0.3) is 0 Å². The van der Waals surface area contributed by atoms with Gasteiger partial charge in [0.15, 0.2) is 0 Å². The molecular weight excluding hydrogens is 396 g/mol. The molecule has 4 unspecified atom stereocenters. The second kappa shape index (κ2) is 12.8. The molecule has 0 aliphatic carbocycles. The van der Waals surface area contributed by atoms with Crippen molar-refractivity contribution < 1.29 is 34.2 Å². The summed E-state index contributed by atoms with van der Waals surface area (Å²) in [7, 11) is 0. The highest BCUT2D eigenvalue weighted by molar-refractivity contribution is 5.95. The highest BCUT2D eigenvalue weighted by Crippen LogP contribution is 2.06. The van der Waals surface area contributed by atoms with Crippen LogP contribution < -0.4 is 21.7 Å². The first kappa shape index (κ1) is 27.3. The molecule has 0 rings (SSSR count). The number of carbonyl (C=O) groups is 5. The molecule has 0 aliphatic heterocycles. The van der Waals surface area contributed by atoms with E-state index < -0.39 is 60.2 Å². The van der Waals surface area contributed by atoms with Gasteiger partial charge in [0, 0.05) is 0 Å². The van der Waals surface area contributed by atoms with Crippen molar-refractivity contribution >= 4 is 29.7 Å². The second-order valence-electron chi connectivity index (χ2n) is 8.15. The number of nitrogens with one attached hydrogen (secondary N) is 3. The van der Waals surface area contributed by atoms with E-state index in [1.54, 1.807) is 13.8 Å². The van der Waals surface area contributed by atoms with Crippen molar-refractivity contribution in [2.45, 2.75) is 78.0 Å². The number of carbonyl (C=O) groups excluding carboxylic acids is 3. The van der Waals surface area contributed by atoms with Crippen LogP contribution in [-0.4, -0.2) is 64.0 Å². The molecule has 7 N–H and O–H groups in total. The van der Waals surface area contributed by atoms with Crippen molar-refractivity contribution in [3.8, 4) is 0 Å². The van der Waals surface area contributed by atoms with Crippen molar-refractivity contribution in [3.63, 3.8) is 0 Å². The first-order chi connectivity index (χ1) is 13.7. The minimum absolute atomic E-state index is 0.0378. The average molecular weight is 431 g/mol. The van der Waals surface area contributed by atoms with Gasteiger partial charge in [0.1, 0.15) is 18.1 Å². The molecule has 0 heterocycles. The van der Waals surface area contributed by atoms with Crippen LogP contribution in [-0.2, 0) is 24.0 Å². The molecule has 4 atom stereocenters. The topological polar surface area (TPSA) is 188 Å². The van der Waals surface area contributed by atoms with Crippen molar-refractivity contribution in [3.05, 3.63) is 0 Å². The number of rotatable bonds is 13. The van der Waals surface area contributed by atoms with E-state index in [-0.39, 0.29) is 18.3 Å². The molecule has 0 aromatic rings. The van der Waals surface area contributed by atoms with Crippen molar-refractivity contribution in [2.24, 2.45) is 17.6 Å². The summed E-state index contributed by atoms with van der Waals surface area (Å²) in [6.07, 6.45) is -0.204. The van der Waals surface area contributed by atoms with Crippen molar-refractivity contribution in [2.75, 3.05) is 0 Å². The van der Waals surface area contributed by atoms with Crippen LogP contribution in [0.3, 0.4) is 0 Å². The van der Waals surface area contributed by atoms with Gasteiger partial charge in [-0.3, -0.25) is 19.2 Å². The summed E-state index contributed by atoms with van der Waals surface area (Å²) in [6.45, 7) is 8.69. The fourth-order valence-corrected chi connectivity index (χ4v) is 2.65. The Morgan fingerprint density at radius 1 is 0.733 bits per heavy atom. The lowest BCUT2D eigenvalue weighted by Crippen LogP contribution is -2.57. The van der Waals surface area contributed by atoms with E-state index in [4.69, 9.17) is 10.8 Å². The van der Waals surface area contributed by atoms with Gasteiger partial charge in [-0.05, 0) is 31.6 Å².